The van der Waals surface area contributed by atoms with E-state index in [0.717, 1.165) is 16.9 Å². The number of carbonyl (C=O) groups is 2. The average Bonchev–Trinajstić information content (AvgIpc) is 2.44. The number of nitrogens with two attached hydrogens (primary N) is 1. The normalized spacial score (nSPS) is 11.0. The number of nitrogens with one attached hydrogen (secondary N) is 1. The van der Waals surface area contributed by atoms with Crippen LogP contribution in [-0.4, -0.2) is 19.0 Å². The summed E-state index contributed by atoms with van der Waals surface area (Å²) in [5.41, 5.74) is 7.22. The highest BCUT2D eigenvalue weighted by atomic mass is 16.5. The number of nitriles is 1. The molecule has 0 fully saturated rings. The van der Waals surface area contributed by atoms with Crippen LogP contribution in [0.25, 0.3) is 6.08 Å². The molecule has 3 N–H and O–H groups in total. The Morgan fingerprint density at radius 3 is 2.50 bits per heavy atom. The summed E-state index contributed by atoms with van der Waals surface area (Å²) in [6.45, 7) is 5.89. The number of hydrogen-bond acceptors (Lipinski definition) is 4. The van der Waals surface area contributed by atoms with Crippen molar-refractivity contribution in [2.45, 2.75) is 26.7 Å². The van der Waals surface area contributed by atoms with E-state index in [9.17, 15) is 9.59 Å². The van der Waals surface area contributed by atoms with Crippen LogP contribution in [-0.2, 0) is 4.79 Å². The van der Waals surface area contributed by atoms with Gasteiger partial charge in [-0.1, -0.05) is 13.8 Å². The molecule has 0 saturated heterocycles. The molecule has 0 bridgehead atoms. The largest absolute Gasteiger partial charge is 0.496 e. The molecule has 1 aromatic carbocycles. The Labute approximate surface area is 129 Å². The number of aryl methyl sites for hydroxylation is 1. The number of amides is 3. The first-order valence-corrected chi connectivity index (χ1v) is 6.71. The van der Waals surface area contributed by atoms with Crippen LogP contribution in [0.2, 0.25) is 0 Å². The highest BCUT2D eigenvalue weighted by molar-refractivity contribution is 6.08. The molecule has 0 spiro atoms. The van der Waals surface area contributed by atoms with Crippen molar-refractivity contribution in [3.63, 3.8) is 0 Å². The first-order valence-electron chi connectivity index (χ1n) is 6.71. The van der Waals surface area contributed by atoms with Gasteiger partial charge in [-0.25, -0.2) is 4.79 Å². The minimum Gasteiger partial charge on any atom is -0.496 e. The maximum Gasteiger partial charge on any atom is 0.319 e. The number of ether oxygens (including phenoxy) is 1. The van der Waals surface area contributed by atoms with Gasteiger partial charge in [-0.15, -0.1) is 0 Å². The van der Waals surface area contributed by atoms with Crippen LogP contribution in [0.15, 0.2) is 17.7 Å². The first-order chi connectivity index (χ1) is 10.3. The number of benzene rings is 1. The summed E-state index contributed by atoms with van der Waals surface area (Å²) in [7, 11) is 1.59. The van der Waals surface area contributed by atoms with Crippen LogP contribution < -0.4 is 15.8 Å². The topological polar surface area (TPSA) is 105 Å². The van der Waals surface area contributed by atoms with E-state index in [4.69, 9.17) is 15.7 Å². The van der Waals surface area contributed by atoms with Gasteiger partial charge in [0.1, 0.15) is 17.4 Å². The maximum absolute atomic E-state index is 11.7. The molecule has 0 aliphatic rings. The Morgan fingerprint density at radius 2 is 2.05 bits per heavy atom. The second kappa shape index (κ2) is 7.27. The molecular weight excluding hydrogens is 282 g/mol. The molecule has 0 heterocycles. The minimum atomic E-state index is -1.000. The smallest absolute Gasteiger partial charge is 0.319 e. The fourth-order valence-corrected chi connectivity index (χ4v) is 1.98. The molecule has 116 valence electrons. The zero-order chi connectivity index (χ0) is 16.9. The van der Waals surface area contributed by atoms with E-state index >= 15 is 0 Å². The number of primary amides is 1. The third kappa shape index (κ3) is 4.09. The van der Waals surface area contributed by atoms with Gasteiger partial charge in [0, 0.05) is 0 Å². The van der Waals surface area contributed by atoms with Gasteiger partial charge >= 0.3 is 6.03 Å². The van der Waals surface area contributed by atoms with Crippen molar-refractivity contribution in [1.29, 1.82) is 5.26 Å². The molecule has 0 aliphatic heterocycles. The summed E-state index contributed by atoms with van der Waals surface area (Å²) in [4.78, 5) is 22.4. The molecular formula is C16H19N3O3. The van der Waals surface area contributed by atoms with E-state index in [1.165, 1.54) is 6.08 Å². The molecule has 0 radical (unpaired) electrons. The standard InChI is InChI=1S/C16H19N3O3/c1-9(2)13-7-11(10(3)5-14(13)22-4)6-12(8-17)15(20)19-16(18)21/h5-7,9H,1-4H3,(H3,18,19,20,21)/b12-6-. The molecule has 0 aromatic heterocycles. The lowest BCUT2D eigenvalue weighted by molar-refractivity contribution is -0.115. The molecule has 6 nitrogen and oxygen atoms in total. The summed E-state index contributed by atoms with van der Waals surface area (Å²) in [6, 6.07) is 4.49. The summed E-state index contributed by atoms with van der Waals surface area (Å²) in [6.07, 6.45) is 1.43. The monoisotopic (exact) mass is 301 g/mol. The van der Waals surface area contributed by atoms with Crippen LogP contribution in [0.3, 0.4) is 0 Å². The number of hydrogen-bond donors (Lipinski definition) is 2. The van der Waals surface area contributed by atoms with Crippen molar-refractivity contribution >= 4 is 18.0 Å². The zero-order valence-corrected chi connectivity index (χ0v) is 13.1. The van der Waals surface area contributed by atoms with Crippen LogP contribution >= 0.6 is 0 Å². The van der Waals surface area contributed by atoms with Gasteiger partial charge in [-0.05, 0) is 47.7 Å². The lowest BCUT2D eigenvalue weighted by atomic mass is 9.95. The minimum absolute atomic E-state index is 0.193. The average molecular weight is 301 g/mol. The summed E-state index contributed by atoms with van der Waals surface area (Å²) in [5.74, 6) is 0.147. The number of imide groups is 1. The van der Waals surface area contributed by atoms with Crippen LogP contribution in [0.5, 0.6) is 5.75 Å². The van der Waals surface area contributed by atoms with Gasteiger partial charge in [0.2, 0.25) is 0 Å². The van der Waals surface area contributed by atoms with E-state index in [1.807, 2.05) is 38.2 Å². The van der Waals surface area contributed by atoms with Crippen LogP contribution in [0.4, 0.5) is 4.79 Å². The number of carbonyl (C=O) groups excluding carboxylic acids is 2. The van der Waals surface area contributed by atoms with Gasteiger partial charge in [0.25, 0.3) is 5.91 Å². The second-order valence-corrected chi connectivity index (χ2v) is 5.09. The zero-order valence-electron chi connectivity index (χ0n) is 13.1. The molecule has 0 saturated carbocycles. The van der Waals surface area contributed by atoms with E-state index in [1.54, 1.807) is 13.2 Å². The Hall–Kier alpha value is -2.81. The lowest BCUT2D eigenvalue weighted by Gasteiger charge is -2.14. The Bertz CT molecular complexity index is 670. The molecule has 0 aliphatic carbocycles. The third-order valence-corrected chi connectivity index (χ3v) is 3.14. The molecule has 0 atom stereocenters. The Balaban J connectivity index is 3.34. The summed E-state index contributed by atoms with van der Waals surface area (Å²) < 4.78 is 5.35. The predicted octanol–water partition coefficient (Wildman–Crippen LogP) is 2.23. The molecule has 22 heavy (non-hydrogen) atoms. The maximum atomic E-state index is 11.7. The summed E-state index contributed by atoms with van der Waals surface area (Å²) in [5, 5.41) is 11.0. The highest BCUT2D eigenvalue weighted by Gasteiger charge is 2.14. The highest BCUT2D eigenvalue weighted by Crippen LogP contribution is 2.30. The van der Waals surface area contributed by atoms with Crippen molar-refractivity contribution in [3.05, 3.63) is 34.4 Å². The van der Waals surface area contributed by atoms with Crippen molar-refractivity contribution in [3.8, 4) is 11.8 Å². The quantitative estimate of drug-likeness (QED) is 0.657. The van der Waals surface area contributed by atoms with Crippen molar-refractivity contribution in [1.82, 2.24) is 5.32 Å². The SMILES string of the molecule is COc1cc(C)c(/C=C(/C#N)C(=O)NC(N)=O)cc1C(C)C. The van der Waals surface area contributed by atoms with Crippen molar-refractivity contribution in [2.24, 2.45) is 5.73 Å². The van der Waals surface area contributed by atoms with Gasteiger partial charge in [-0.2, -0.15) is 5.26 Å². The van der Waals surface area contributed by atoms with Crippen molar-refractivity contribution < 1.29 is 14.3 Å². The molecule has 0 unspecified atom stereocenters. The third-order valence-electron chi connectivity index (χ3n) is 3.14. The Morgan fingerprint density at radius 1 is 1.41 bits per heavy atom. The molecule has 3 amide bonds. The van der Waals surface area contributed by atoms with Gasteiger partial charge in [-0.3, -0.25) is 10.1 Å². The van der Waals surface area contributed by atoms with E-state index < -0.39 is 11.9 Å². The van der Waals surface area contributed by atoms with E-state index in [2.05, 4.69) is 0 Å². The fourth-order valence-electron chi connectivity index (χ4n) is 1.98. The number of methoxy groups -OCH3 is 1. The van der Waals surface area contributed by atoms with E-state index in [-0.39, 0.29) is 11.5 Å². The Kier molecular flexibility index (Phi) is 5.70. The van der Waals surface area contributed by atoms with Gasteiger partial charge in [0.05, 0.1) is 7.11 Å². The number of rotatable bonds is 4. The molecule has 6 heteroatoms. The number of urea groups is 1. The van der Waals surface area contributed by atoms with E-state index in [0.29, 0.717) is 5.56 Å². The van der Waals surface area contributed by atoms with Crippen LogP contribution in [0, 0.1) is 18.3 Å². The van der Waals surface area contributed by atoms with Crippen LogP contribution in [0.1, 0.15) is 36.5 Å². The first kappa shape index (κ1) is 17.2. The summed E-state index contributed by atoms with van der Waals surface area (Å²) >= 11 is 0. The molecule has 1 aromatic rings. The van der Waals surface area contributed by atoms with Crippen molar-refractivity contribution in [2.75, 3.05) is 7.11 Å². The fraction of sp³-hybridized carbons (Fsp3) is 0.312. The number of nitrogens with zero attached hydrogens (tertiary/aromatic N) is 1. The van der Waals surface area contributed by atoms with Gasteiger partial charge in [0.15, 0.2) is 0 Å². The molecule has 1 rings (SSSR count). The second-order valence-electron chi connectivity index (χ2n) is 5.09. The lowest BCUT2D eigenvalue weighted by Crippen LogP contribution is -2.35. The predicted molar refractivity (Wildman–Crippen MR) is 83.1 cm³/mol. The van der Waals surface area contributed by atoms with Gasteiger partial charge < -0.3 is 10.5 Å².